The standard InChI is InChI=1S/C21H26N2O4S/c1-14-12-17(27-5)8-9-19(14)28(25,26)22-16-7-6-15-10-11-23(18(15)13-16)20(24)21(2,3)4/h6-9,12-13,22H,10-11H2,1-5H3. The number of hydrogen-bond donors (Lipinski definition) is 1. The predicted molar refractivity (Wildman–Crippen MR) is 110 cm³/mol. The van der Waals surface area contributed by atoms with Crippen LogP contribution in [0, 0.1) is 12.3 Å². The van der Waals surface area contributed by atoms with Gasteiger partial charge < -0.3 is 9.64 Å². The molecule has 150 valence electrons. The summed E-state index contributed by atoms with van der Waals surface area (Å²) in [7, 11) is -2.22. The number of rotatable bonds is 4. The second-order valence-electron chi connectivity index (χ2n) is 8.04. The van der Waals surface area contributed by atoms with Crippen molar-refractivity contribution in [2.45, 2.75) is 39.0 Å². The summed E-state index contributed by atoms with van der Waals surface area (Å²) in [6, 6.07) is 10.2. The lowest BCUT2D eigenvalue weighted by atomic mass is 9.94. The third-order valence-corrected chi connectivity index (χ3v) is 6.33. The molecule has 0 unspecified atom stereocenters. The SMILES string of the molecule is COc1ccc(S(=O)(=O)Nc2ccc3c(c2)N(C(=O)C(C)(C)C)CC3)c(C)c1. The van der Waals surface area contributed by atoms with E-state index in [0.29, 0.717) is 23.5 Å². The minimum atomic E-state index is -3.76. The molecule has 2 aromatic rings. The molecule has 0 radical (unpaired) electrons. The van der Waals surface area contributed by atoms with Gasteiger partial charge in [-0.2, -0.15) is 0 Å². The Morgan fingerprint density at radius 3 is 2.46 bits per heavy atom. The number of hydrogen-bond acceptors (Lipinski definition) is 4. The summed E-state index contributed by atoms with van der Waals surface area (Å²) in [6.45, 7) is 7.98. The fourth-order valence-corrected chi connectivity index (χ4v) is 4.60. The molecule has 28 heavy (non-hydrogen) atoms. The van der Waals surface area contributed by atoms with Crippen LogP contribution >= 0.6 is 0 Å². The van der Waals surface area contributed by atoms with Gasteiger partial charge >= 0.3 is 0 Å². The maximum absolute atomic E-state index is 12.9. The molecular weight excluding hydrogens is 376 g/mol. The minimum absolute atomic E-state index is 0.0252. The summed E-state index contributed by atoms with van der Waals surface area (Å²) in [5.74, 6) is 0.627. The number of ether oxygens (including phenoxy) is 1. The molecule has 1 aliphatic rings. The van der Waals surface area contributed by atoms with E-state index in [1.807, 2.05) is 26.8 Å². The number of aryl methyl sites for hydroxylation is 1. The molecule has 0 aromatic heterocycles. The summed E-state index contributed by atoms with van der Waals surface area (Å²) in [4.78, 5) is 14.7. The van der Waals surface area contributed by atoms with E-state index in [0.717, 1.165) is 17.7 Å². The zero-order chi connectivity index (χ0) is 20.7. The molecule has 0 spiro atoms. The lowest BCUT2D eigenvalue weighted by molar-refractivity contribution is -0.125. The Labute approximate surface area is 166 Å². The number of fused-ring (bicyclic) bond motifs is 1. The average Bonchev–Trinajstić information content (AvgIpc) is 3.02. The van der Waals surface area contributed by atoms with E-state index >= 15 is 0 Å². The number of anilines is 2. The van der Waals surface area contributed by atoms with Gasteiger partial charge in [0.25, 0.3) is 10.0 Å². The molecule has 2 aromatic carbocycles. The highest BCUT2D eigenvalue weighted by Crippen LogP contribution is 2.34. The summed E-state index contributed by atoms with van der Waals surface area (Å²) in [5.41, 5.74) is 2.34. The molecule has 1 heterocycles. The number of sulfonamides is 1. The van der Waals surface area contributed by atoms with Crippen LogP contribution in [0.2, 0.25) is 0 Å². The largest absolute Gasteiger partial charge is 0.497 e. The van der Waals surface area contributed by atoms with E-state index in [1.165, 1.54) is 13.2 Å². The molecule has 1 aliphatic heterocycles. The highest BCUT2D eigenvalue weighted by atomic mass is 32.2. The predicted octanol–water partition coefficient (Wildman–Crippen LogP) is 3.74. The van der Waals surface area contributed by atoms with Gasteiger partial charge in [-0.05, 0) is 54.8 Å². The van der Waals surface area contributed by atoms with Crippen molar-refractivity contribution in [3.05, 3.63) is 47.5 Å². The molecule has 7 heteroatoms. The number of amides is 1. The summed E-state index contributed by atoms with van der Waals surface area (Å²) < 4.78 is 33.5. The first-order chi connectivity index (χ1) is 13.0. The molecule has 0 atom stereocenters. The molecule has 0 saturated heterocycles. The smallest absolute Gasteiger partial charge is 0.262 e. The van der Waals surface area contributed by atoms with Crippen molar-refractivity contribution in [1.29, 1.82) is 0 Å². The van der Waals surface area contributed by atoms with Gasteiger partial charge in [0.2, 0.25) is 5.91 Å². The molecule has 0 aliphatic carbocycles. The highest BCUT2D eigenvalue weighted by molar-refractivity contribution is 7.92. The third-order valence-electron chi connectivity index (χ3n) is 4.79. The summed E-state index contributed by atoms with van der Waals surface area (Å²) in [6.07, 6.45) is 0.766. The number of benzene rings is 2. The first-order valence-corrected chi connectivity index (χ1v) is 10.6. The Balaban J connectivity index is 1.91. The highest BCUT2D eigenvalue weighted by Gasteiger charge is 2.32. The van der Waals surface area contributed by atoms with Crippen LogP contribution in [0.4, 0.5) is 11.4 Å². The van der Waals surface area contributed by atoms with Gasteiger partial charge in [0, 0.05) is 17.6 Å². The first-order valence-electron chi connectivity index (χ1n) is 9.15. The Morgan fingerprint density at radius 1 is 1.14 bits per heavy atom. The van der Waals surface area contributed by atoms with Crippen molar-refractivity contribution in [2.24, 2.45) is 5.41 Å². The fourth-order valence-electron chi connectivity index (χ4n) is 3.32. The molecule has 3 rings (SSSR count). The van der Waals surface area contributed by atoms with E-state index in [1.54, 1.807) is 36.1 Å². The lowest BCUT2D eigenvalue weighted by Gasteiger charge is -2.26. The van der Waals surface area contributed by atoms with Gasteiger partial charge in [0.1, 0.15) is 5.75 Å². The Morgan fingerprint density at radius 2 is 1.86 bits per heavy atom. The van der Waals surface area contributed by atoms with Crippen molar-refractivity contribution < 1.29 is 17.9 Å². The van der Waals surface area contributed by atoms with Crippen LogP contribution in [0.25, 0.3) is 0 Å². The number of nitrogens with one attached hydrogen (secondary N) is 1. The van der Waals surface area contributed by atoms with Crippen molar-refractivity contribution in [1.82, 2.24) is 0 Å². The first kappa shape index (κ1) is 20.2. The van der Waals surface area contributed by atoms with E-state index in [-0.39, 0.29) is 10.8 Å². The average molecular weight is 403 g/mol. The minimum Gasteiger partial charge on any atom is -0.497 e. The second kappa shape index (κ2) is 7.13. The van der Waals surface area contributed by atoms with E-state index in [9.17, 15) is 13.2 Å². The molecular formula is C21H26N2O4S. The van der Waals surface area contributed by atoms with Gasteiger partial charge in [0.05, 0.1) is 17.7 Å². The van der Waals surface area contributed by atoms with Gasteiger partial charge in [0.15, 0.2) is 0 Å². The number of carbonyl (C=O) groups is 1. The molecule has 1 amide bonds. The molecule has 0 saturated carbocycles. The third kappa shape index (κ3) is 3.85. The van der Waals surface area contributed by atoms with Crippen LogP contribution in [-0.2, 0) is 21.2 Å². The Hall–Kier alpha value is -2.54. The second-order valence-corrected chi connectivity index (χ2v) is 9.69. The van der Waals surface area contributed by atoms with Crippen molar-refractivity contribution in [3.8, 4) is 5.75 Å². The summed E-state index contributed by atoms with van der Waals surface area (Å²) >= 11 is 0. The monoisotopic (exact) mass is 402 g/mol. The lowest BCUT2D eigenvalue weighted by Crippen LogP contribution is -2.38. The topological polar surface area (TPSA) is 75.7 Å². The maximum Gasteiger partial charge on any atom is 0.262 e. The van der Waals surface area contributed by atoms with Crippen LogP contribution in [0.15, 0.2) is 41.3 Å². The molecule has 1 N–H and O–H groups in total. The van der Waals surface area contributed by atoms with Crippen molar-refractivity contribution in [2.75, 3.05) is 23.3 Å². The summed E-state index contributed by atoms with van der Waals surface area (Å²) in [5, 5.41) is 0. The van der Waals surface area contributed by atoms with Crippen molar-refractivity contribution >= 4 is 27.3 Å². The van der Waals surface area contributed by atoms with E-state index in [2.05, 4.69) is 4.72 Å². The van der Waals surface area contributed by atoms with Crippen LogP contribution in [0.3, 0.4) is 0 Å². The van der Waals surface area contributed by atoms with Gasteiger partial charge in [-0.3, -0.25) is 9.52 Å². The van der Waals surface area contributed by atoms with Crippen molar-refractivity contribution in [3.63, 3.8) is 0 Å². The Bertz CT molecular complexity index is 1020. The van der Waals surface area contributed by atoms with Crippen LogP contribution in [0.1, 0.15) is 31.9 Å². The fraction of sp³-hybridized carbons (Fsp3) is 0.381. The zero-order valence-corrected chi connectivity index (χ0v) is 17.7. The zero-order valence-electron chi connectivity index (χ0n) is 16.9. The van der Waals surface area contributed by atoms with Crippen LogP contribution in [-0.4, -0.2) is 28.0 Å². The molecule has 6 nitrogen and oxygen atoms in total. The normalized spacial score (nSPS) is 14.0. The van der Waals surface area contributed by atoms with Crippen LogP contribution < -0.4 is 14.4 Å². The molecule has 0 fully saturated rings. The number of methoxy groups -OCH3 is 1. The van der Waals surface area contributed by atoms with Gasteiger partial charge in [-0.1, -0.05) is 26.8 Å². The Kier molecular flexibility index (Phi) is 5.14. The molecule has 0 bridgehead atoms. The van der Waals surface area contributed by atoms with E-state index in [4.69, 9.17) is 4.74 Å². The van der Waals surface area contributed by atoms with Gasteiger partial charge in [-0.25, -0.2) is 8.42 Å². The van der Waals surface area contributed by atoms with E-state index < -0.39 is 15.4 Å². The van der Waals surface area contributed by atoms with Gasteiger partial charge in [-0.15, -0.1) is 0 Å². The van der Waals surface area contributed by atoms with Crippen LogP contribution in [0.5, 0.6) is 5.75 Å². The quantitative estimate of drug-likeness (QED) is 0.845. The number of carbonyl (C=O) groups excluding carboxylic acids is 1. The number of nitrogens with zero attached hydrogens (tertiary/aromatic N) is 1. The maximum atomic E-state index is 12.9.